The summed E-state index contributed by atoms with van der Waals surface area (Å²) in [5, 5.41) is 0. The fourth-order valence-corrected chi connectivity index (χ4v) is 4.73. The Morgan fingerprint density at radius 1 is 0.383 bits per heavy atom. The zero-order valence-corrected chi connectivity index (χ0v) is 26.9. The van der Waals surface area contributed by atoms with Crippen LogP contribution in [0.1, 0.15) is 55.4 Å². The molecule has 0 saturated carbocycles. The third-order valence-corrected chi connectivity index (χ3v) is 6.17. The van der Waals surface area contributed by atoms with Crippen LogP contribution < -0.4 is 0 Å². The molecule has 0 N–H and O–H groups in total. The van der Waals surface area contributed by atoms with Crippen LogP contribution in [0.4, 0.5) is 0 Å². The van der Waals surface area contributed by atoms with E-state index in [9.17, 15) is 38.4 Å². The topological polar surface area (TPSA) is 238 Å². The van der Waals surface area contributed by atoms with Crippen LogP contribution in [0, 0.1) is 0 Å². The van der Waals surface area contributed by atoms with Gasteiger partial charge in [0.15, 0.2) is 30.7 Å². The maximum Gasteiger partial charge on any atom is 0.305 e. The molecule has 19 heteroatoms. The third kappa shape index (κ3) is 12.1. The molecule has 0 aromatic rings. The minimum Gasteiger partial charge on any atom is -0.463 e. The predicted molar refractivity (Wildman–Crippen MR) is 145 cm³/mol. The molecule has 0 aliphatic carbocycles. The molecule has 0 spiro atoms. The maximum absolute atomic E-state index is 12.3. The zero-order valence-electron chi connectivity index (χ0n) is 26.9. The number of carbonyl (C=O) groups is 8. The summed E-state index contributed by atoms with van der Waals surface area (Å²) in [7, 11) is 0. The van der Waals surface area contributed by atoms with Crippen LogP contribution in [0.25, 0.3) is 0 Å². The Hall–Kier alpha value is -4.36. The molecule has 0 bridgehead atoms. The van der Waals surface area contributed by atoms with Crippen molar-refractivity contribution in [2.24, 2.45) is 0 Å². The van der Waals surface area contributed by atoms with Gasteiger partial charge in [-0.2, -0.15) is 0 Å². The van der Waals surface area contributed by atoms with Gasteiger partial charge in [0, 0.05) is 55.4 Å². The van der Waals surface area contributed by atoms with E-state index < -0.39 is 122 Å². The number of esters is 8. The van der Waals surface area contributed by atoms with E-state index in [4.69, 9.17) is 52.1 Å². The monoisotopic (exact) mass is 678 g/mol. The molecule has 2 fully saturated rings. The summed E-state index contributed by atoms with van der Waals surface area (Å²) in [6, 6.07) is 0. The van der Waals surface area contributed by atoms with Gasteiger partial charge in [0.2, 0.25) is 12.4 Å². The van der Waals surface area contributed by atoms with Gasteiger partial charge < -0.3 is 52.1 Å². The normalized spacial score (nSPS) is 30.0. The van der Waals surface area contributed by atoms with Crippen LogP contribution in [0.2, 0.25) is 0 Å². The molecule has 0 unspecified atom stereocenters. The zero-order chi connectivity index (χ0) is 35.6. The highest BCUT2D eigenvalue weighted by atomic mass is 16.8. The number of rotatable bonds is 12. The van der Waals surface area contributed by atoms with E-state index in [0.29, 0.717) is 0 Å². The molecule has 0 aromatic carbocycles. The maximum atomic E-state index is 12.3. The van der Waals surface area contributed by atoms with E-state index >= 15 is 0 Å². The van der Waals surface area contributed by atoms with Crippen LogP contribution in [-0.2, 0) is 90.5 Å². The number of carbonyl (C=O) groups excluding carboxylic acids is 8. The van der Waals surface area contributed by atoms with E-state index in [1.54, 1.807) is 0 Å². The first-order chi connectivity index (χ1) is 21.9. The first-order valence-corrected chi connectivity index (χ1v) is 14.2. The molecule has 2 aliphatic heterocycles. The lowest BCUT2D eigenvalue weighted by Crippen LogP contribution is -2.67. The molecule has 0 radical (unpaired) electrons. The van der Waals surface area contributed by atoms with Crippen molar-refractivity contribution >= 4 is 47.8 Å². The van der Waals surface area contributed by atoms with Crippen LogP contribution in [0.15, 0.2) is 0 Å². The second kappa shape index (κ2) is 17.5. The summed E-state index contributed by atoms with van der Waals surface area (Å²) < 4.78 is 60.2. The number of ether oxygens (including phenoxy) is 11. The molecular formula is C28H38O19. The van der Waals surface area contributed by atoms with Crippen molar-refractivity contribution in [2.75, 3.05) is 13.2 Å². The molecule has 47 heavy (non-hydrogen) atoms. The highest BCUT2D eigenvalue weighted by molar-refractivity contribution is 5.70. The summed E-state index contributed by atoms with van der Waals surface area (Å²) in [4.78, 5) is 96.3. The average molecular weight is 679 g/mol. The Kier molecular flexibility index (Phi) is 14.5. The highest BCUT2D eigenvalue weighted by Crippen LogP contribution is 2.35. The SMILES string of the molecule is CC(=O)OC[C@H]1O[C@@H](O[C@H]2[C@@H](OC(C)=O)[C@@H](OC(C)=O)[C@H](OC(C)=O)O[C@@H]2COC(C)=O)[C@H](OC(C)=O)[C@@H](OC(C)=O)[C@@H]1OC(C)=O. The van der Waals surface area contributed by atoms with Gasteiger partial charge in [0.25, 0.3) is 0 Å². The molecular weight excluding hydrogens is 640 g/mol. The lowest BCUT2D eigenvalue weighted by Gasteiger charge is -2.48. The first-order valence-electron chi connectivity index (χ1n) is 14.2. The second-order valence-corrected chi connectivity index (χ2v) is 10.3. The van der Waals surface area contributed by atoms with E-state index in [-0.39, 0.29) is 0 Å². The third-order valence-electron chi connectivity index (χ3n) is 6.17. The molecule has 10 atom stereocenters. The van der Waals surface area contributed by atoms with Crippen LogP contribution in [0.3, 0.4) is 0 Å². The fourth-order valence-electron chi connectivity index (χ4n) is 4.73. The van der Waals surface area contributed by atoms with Gasteiger partial charge in [0.05, 0.1) is 0 Å². The molecule has 2 saturated heterocycles. The Labute approximate surface area is 268 Å². The predicted octanol–water partition coefficient (Wildman–Crippen LogP) is -0.831. The lowest BCUT2D eigenvalue weighted by molar-refractivity contribution is -0.357. The van der Waals surface area contributed by atoms with Gasteiger partial charge in [-0.25, -0.2) is 0 Å². The molecule has 264 valence electrons. The van der Waals surface area contributed by atoms with Crippen LogP contribution in [0.5, 0.6) is 0 Å². The summed E-state index contributed by atoms with van der Waals surface area (Å²) in [6.45, 7) is 7.05. The first kappa shape index (κ1) is 38.8. The van der Waals surface area contributed by atoms with Crippen LogP contribution in [-0.4, -0.2) is 122 Å². The van der Waals surface area contributed by atoms with E-state index in [2.05, 4.69) is 0 Å². The van der Waals surface area contributed by atoms with Crippen molar-refractivity contribution in [3.8, 4) is 0 Å². The smallest absolute Gasteiger partial charge is 0.305 e. The Balaban J connectivity index is 2.73. The molecule has 0 aromatic heterocycles. The van der Waals surface area contributed by atoms with Gasteiger partial charge >= 0.3 is 47.8 Å². The Bertz CT molecular complexity index is 1200. The van der Waals surface area contributed by atoms with Crippen molar-refractivity contribution in [2.45, 2.75) is 117 Å². The highest BCUT2D eigenvalue weighted by Gasteiger charge is 2.58. The van der Waals surface area contributed by atoms with Crippen molar-refractivity contribution in [1.29, 1.82) is 0 Å². The number of hydrogen-bond donors (Lipinski definition) is 0. The minimum absolute atomic E-state index is 0.590. The van der Waals surface area contributed by atoms with Gasteiger partial charge in [0.1, 0.15) is 31.5 Å². The number of hydrogen-bond acceptors (Lipinski definition) is 19. The van der Waals surface area contributed by atoms with Gasteiger partial charge in [-0.05, 0) is 0 Å². The van der Waals surface area contributed by atoms with E-state index in [1.807, 2.05) is 0 Å². The lowest BCUT2D eigenvalue weighted by atomic mass is 9.96. The van der Waals surface area contributed by atoms with Crippen LogP contribution >= 0.6 is 0 Å². The molecule has 0 amide bonds. The Morgan fingerprint density at radius 3 is 1.11 bits per heavy atom. The summed E-state index contributed by atoms with van der Waals surface area (Å²) in [6.07, 6.45) is -16.3. The average Bonchev–Trinajstić information content (AvgIpc) is 2.91. The fraction of sp³-hybridized carbons (Fsp3) is 0.714. The van der Waals surface area contributed by atoms with E-state index in [0.717, 1.165) is 55.4 Å². The summed E-state index contributed by atoms with van der Waals surface area (Å²) in [5.41, 5.74) is 0. The largest absolute Gasteiger partial charge is 0.463 e. The van der Waals surface area contributed by atoms with Crippen molar-refractivity contribution < 1.29 is 90.5 Å². The quantitative estimate of drug-likeness (QED) is 0.181. The van der Waals surface area contributed by atoms with Crippen molar-refractivity contribution in [1.82, 2.24) is 0 Å². The summed E-state index contributed by atoms with van der Waals surface area (Å²) in [5.74, 6) is -7.02. The van der Waals surface area contributed by atoms with Gasteiger partial charge in [-0.3, -0.25) is 38.4 Å². The summed E-state index contributed by atoms with van der Waals surface area (Å²) >= 11 is 0. The Morgan fingerprint density at radius 2 is 0.702 bits per heavy atom. The van der Waals surface area contributed by atoms with Crippen molar-refractivity contribution in [3.05, 3.63) is 0 Å². The molecule has 19 nitrogen and oxygen atoms in total. The molecule has 2 heterocycles. The van der Waals surface area contributed by atoms with E-state index in [1.165, 1.54) is 0 Å². The van der Waals surface area contributed by atoms with Crippen molar-refractivity contribution in [3.63, 3.8) is 0 Å². The molecule has 2 rings (SSSR count). The standard InChI is InChI=1S/C28H38O19/c1-11(29)37-9-19-21(39-13(3)31)23(40-14(4)32)26(43-17(7)35)28(46-19)47-22-20(10-38-12(2)30)45-27(44-18(8)36)25(42-16(6)34)24(22)41-15(5)33/h19-28H,9-10H2,1-8H3/t19-,20-,21-,22-,23+,24-,25-,26-,27-,28+/m1/s1. The van der Waals surface area contributed by atoms with Gasteiger partial charge in [-0.1, -0.05) is 0 Å². The second-order valence-electron chi connectivity index (χ2n) is 10.3. The minimum atomic E-state index is -1.83. The van der Waals surface area contributed by atoms with Gasteiger partial charge in [-0.15, -0.1) is 0 Å². The molecule has 2 aliphatic rings.